The van der Waals surface area contributed by atoms with Crippen LogP contribution in [-0.2, 0) is 4.79 Å². The smallest absolute Gasteiger partial charge is 0.303 e. The average molecular weight is 257 g/mol. The predicted molar refractivity (Wildman–Crippen MR) is 77.9 cm³/mol. The van der Waals surface area contributed by atoms with Crippen molar-refractivity contribution in [2.75, 3.05) is 0 Å². The van der Waals surface area contributed by atoms with Crippen molar-refractivity contribution in [3.63, 3.8) is 0 Å². The lowest BCUT2D eigenvalue weighted by molar-refractivity contribution is -0.137. The number of hydrogen-bond acceptors (Lipinski definition) is 1. The molecule has 2 heteroatoms. The molecule has 0 saturated carbocycles. The maximum absolute atomic E-state index is 10.3. The molecule has 0 heterocycles. The van der Waals surface area contributed by atoms with Gasteiger partial charge in [0.05, 0.1) is 0 Å². The van der Waals surface area contributed by atoms with Crippen LogP contribution >= 0.6 is 0 Å². The molecular weight excluding hydrogens is 225 g/mol. The van der Waals surface area contributed by atoms with Crippen molar-refractivity contribution in [3.8, 4) is 0 Å². The first-order chi connectivity index (χ1) is 8.77. The van der Waals surface area contributed by atoms with Crippen molar-refractivity contribution in [3.05, 3.63) is 0 Å². The predicted octanol–water partition coefficient (Wildman–Crippen LogP) is 5.55. The maximum Gasteiger partial charge on any atom is 0.303 e. The van der Waals surface area contributed by atoms with Gasteiger partial charge < -0.3 is 5.11 Å². The molecule has 0 aliphatic carbocycles. The summed E-state index contributed by atoms with van der Waals surface area (Å²) in [5.74, 6) is -0.655. The molecule has 0 saturated heterocycles. The van der Waals surface area contributed by atoms with E-state index in [9.17, 15) is 4.79 Å². The third kappa shape index (κ3) is 15.5. The van der Waals surface area contributed by atoms with Crippen molar-refractivity contribution in [2.24, 2.45) is 0 Å². The summed E-state index contributed by atoms with van der Waals surface area (Å²) < 4.78 is 0. The normalized spacial score (nSPS) is 10.7. The molecule has 0 fully saturated rings. The van der Waals surface area contributed by atoms with Gasteiger partial charge in [0.15, 0.2) is 0 Å². The molecular formula is C16H32O2. The van der Waals surface area contributed by atoms with Crippen molar-refractivity contribution in [1.82, 2.24) is 0 Å². The zero-order valence-corrected chi connectivity index (χ0v) is 12.3. The summed E-state index contributed by atoms with van der Waals surface area (Å²) in [4.78, 5) is 10.3. The Morgan fingerprint density at radius 1 is 0.667 bits per heavy atom. The Morgan fingerprint density at radius 3 is 1.33 bits per heavy atom. The van der Waals surface area contributed by atoms with E-state index in [1.54, 1.807) is 0 Å². The van der Waals surface area contributed by atoms with Gasteiger partial charge in [-0.15, -0.1) is 0 Å². The second kappa shape index (κ2) is 14.5. The first-order valence-electron chi connectivity index (χ1n) is 7.99. The van der Waals surface area contributed by atoms with Crippen LogP contribution in [0, 0.1) is 0 Å². The summed E-state index contributed by atoms with van der Waals surface area (Å²) in [6.07, 6.45) is 17.3. The van der Waals surface area contributed by atoms with Crippen LogP contribution in [0.25, 0.3) is 0 Å². The van der Waals surface area contributed by atoms with Crippen LogP contribution in [0.1, 0.15) is 96.8 Å². The van der Waals surface area contributed by atoms with Crippen LogP contribution in [0.3, 0.4) is 0 Å². The molecule has 18 heavy (non-hydrogen) atoms. The molecule has 0 aliphatic rings. The van der Waals surface area contributed by atoms with Gasteiger partial charge in [-0.25, -0.2) is 0 Å². The Kier molecular flexibility index (Phi) is 14.1. The molecule has 0 bridgehead atoms. The van der Waals surface area contributed by atoms with Gasteiger partial charge in [-0.3, -0.25) is 4.79 Å². The van der Waals surface area contributed by atoms with Crippen LogP contribution in [0.15, 0.2) is 0 Å². The van der Waals surface area contributed by atoms with Crippen LogP contribution in [-0.4, -0.2) is 11.1 Å². The fraction of sp³-hybridized carbons (Fsp3) is 0.938. The van der Waals surface area contributed by atoms with E-state index in [0.29, 0.717) is 6.42 Å². The van der Waals surface area contributed by atoms with Crippen LogP contribution in [0.4, 0.5) is 0 Å². The molecule has 0 aromatic rings. The minimum absolute atomic E-state index is 0.345. The first-order valence-corrected chi connectivity index (χ1v) is 7.99. The fourth-order valence-corrected chi connectivity index (χ4v) is 2.29. The second-order valence-corrected chi connectivity index (χ2v) is 5.39. The Balaban J connectivity index is 2.92. The summed E-state index contributed by atoms with van der Waals surface area (Å²) in [6, 6.07) is 0. The Bertz CT molecular complexity index is 178. The molecule has 0 amide bonds. The van der Waals surface area contributed by atoms with E-state index in [1.807, 2.05) is 0 Å². The van der Waals surface area contributed by atoms with Crippen molar-refractivity contribution < 1.29 is 9.90 Å². The Morgan fingerprint density at radius 2 is 1.00 bits per heavy atom. The molecule has 0 aromatic heterocycles. The number of carboxylic acids is 1. The lowest BCUT2D eigenvalue weighted by Gasteiger charge is -2.02. The van der Waals surface area contributed by atoms with Gasteiger partial charge in [-0.1, -0.05) is 84.0 Å². The summed E-state index contributed by atoms with van der Waals surface area (Å²) >= 11 is 0. The minimum Gasteiger partial charge on any atom is -0.481 e. The van der Waals surface area contributed by atoms with E-state index < -0.39 is 5.97 Å². The lowest BCUT2D eigenvalue weighted by Crippen LogP contribution is -1.93. The average Bonchev–Trinajstić information content (AvgIpc) is 2.34. The van der Waals surface area contributed by atoms with Crippen molar-refractivity contribution in [1.29, 1.82) is 0 Å². The van der Waals surface area contributed by atoms with Gasteiger partial charge in [0.25, 0.3) is 0 Å². The highest BCUT2D eigenvalue weighted by molar-refractivity contribution is 5.66. The summed E-state index contributed by atoms with van der Waals surface area (Å²) in [5.41, 5.74) is 0. The molecule has 0 spiro atoms. The van der Waals surface area contributed by atoms with E-state index in [2.05, 4.69) is 6.92 Å². The Hall–Kier alpha value is -0.530. The molecule has 0 rings (SSSR count). The summed E-state index contributed by atoms with van der Waals surface area (Å²) in [7, 11) is 0. The van der Waals surface area contributed by atoms with Crippen molar-refractivity contribution >= 4 is 5.97 Å². The number of carbonyl (C=O) groups is 1. The first kappa shape index (κ1) is 17.5. The number of carboxylic acid groups (broad SMARTS) is 1. The monoisotopic (exact) mass is 257 g/mol. The zero-order chi connectivity index (χ0) is 13.5. The second-order valence-electron chi connectivity index (χ2n) is 5.39. The number of unbranched alkanes of at least 4 members (excludes halogenated alkanes) is 12. The van der Waals surface area contributed by atoms with Gasteiger partial charge in [-0.2, -0.15) is 0 Å². The largest absolute Gasteiger partial charge is 0.481 e. The third-order valence-corrected chi connectivity index (χ3v) is 3.49. The molecule has 0 aliphatic heterocycles. The maximum atomic E-state index is 10.3. The number of rotatable bonds is 14. The molecule has 1 N–H and O–H groups in total. The minimum atomic E-state index is -0.655. The highest BCUT2D eigenvalue weighted by atomic mass is 16.4. The van der Waals surface area contributed by atoms with Gasteiger partial charge >= 0.3 is 5.97 Å². The van der Waals surface area contributed by atoms with Gasteiger partial charge in [0.2, 0.25) is 0 Å². The lowest BCUT2D eigenvalue weighted by atomic mass is 10.1. The van der Waals surface area contributed by atoms with Gasteiger partial charge in [0.1, 0.15) is 0 Å². The highest BCUT2D eigenvalue weighted by Gasteiger charge is 1.96. The Labute approximate surface area is 113 Å². The molecule has 0 aromatic carbocycles. The SMILES string of the molecule is CCCC[13CH2]CCCCCCCCCCC(=O)O. The number of hydrogen-bond donors (Lipinski definition) is 1. The quantitative estimate of drug-likeness (QED) is 0.327. The van der Waals surface area contributed by atoms with E-state index in [4.69, 9.17) is 5.11 Å². The molecule has 0 unspecified atom stereocenters. The van der Waals surface area contributed by atoms with Gasteiger partial charge in [-0.05, 0) is 6.42 Å². The molecule has 108 valence electrons. The highest BCUT2D eigenvalue weighted by Crippen LogP contribution is 2.12. The van der Waals surface area contributed by atoms with Crippen LogP contribution < -0.4 is 0 Å². The van der Waals surface area contributed by atoms with E-state index in [1.165, 1.54) is 70.6 Å². The van der Waals surface area contributed by atoms with E-state index in [0.717, 1.165) is 12.8 Å². The number of aliphatic carboxylic acids is 1. The zero-order valence-electron chi connectivity index (χ0n) is 12.3. The molecule has 0 atom stereocenters. The standard InChI is InChI=1S/C16H32O2/c1-2-3-4-5-6-7-8-9-10-11-12-13-14-15-16(17)18/h2-15H2,1H3,(H,17,18)/i5+1. The van der Waals surface area contributed by atoms with Crippen LogP contribution in [0.5, 0.6) is 0 Å². The molecule has 2 nitrogen and oxygen atoms in total. The topological polar surface area (TPSA) is 37.3 Å². The third-order valence-electron chi connectivity index (χ3n) is 3.49. The summed E-state index contributed by atoms with van der Waals surface area (Å²) in [6.45, 7) is 2.26. The molecule has 0 radical (unpaired) electrons. The van der Waals surface area contributed by atoms with Crippen molar-refractivity contribution in [2.45, 2.75) is 96.8 Å². The summed E-state index contributed by atoms with van der Waals surface area (Å²) in [5, 5.41) is 8.49. The van der Waals surface area contributed by atoms with E-state index in [-0.39, 0.29) is 0 Å². The fourth-order valence-electron chi connectivity index (χ4n) is 2.29. The van der Waals surface area contributed by atoms with Gasteiger partial charge in [0, 0.05) is 6.42 Å². The van der Waals surface area contributed by atoms with E-state index >= 15 is 0 Å². The van der Waals surface area contributed by atoms with Crippen LogP contribution in [0.2, 0.25) is 0 Å².